The van der Waals surface area contributed by atoms with Crippen molar-refractivity contribution in [1.82, 2.24) is 25.0 Å². The van der Waals surface area contributed by atoms with E-state index in [1.54, 1.807) is 23.9 Å². The van der Waals surface area contributed by atoms with Crippen molar-refractivity contribution >= 4 is 28.8 Å². The predicted octanol–water partition coefficient (Wildman–Crippen LogP) is 0.811. The summed E-state index contributed by atoms with van der Waals surface area (Å²) < 4.78 is 1.73. The van der Waals surface area contributed by atoms with E-state index in [1.165, 1.54) is 18.7 Å². The van der Waals surface area contributed by atoms with Crippen molar-refractivity contribution in [3.8, 4) is 0 Å². The molecule has 0 fully saturated rings. The Morgan fingerprint density at radius 2 is 2.08 bits per heavy atom. The van der Waals surface area contributed by atoms with Crippen LogP contribution in [0.1, 0.15) is 36.8 Å². The van der Waals surface area contributed by atoms with E-state index >= 15 is 0 Å². The van der Waals surface area contributed by atoms with E-state index in [2.05, 4.69) is 15.4 Å². The van der Waals surface area contributed by atoms with Crippen LogP contribution in [-0.2, 0) is 16.1 Å². The van der Waals surface area contributed by atoms with Gasteiger partial charge in [0.15, 0.2) is 5.65 Å². The Balaban J connectivity index is 2.37. The van der Waals surface area contributed by atoms with E-state index in [4.69, 9.17) is 0 Å². The molecule has 26 heavy (non-hydrogen) atoms. The summed E-state index contributed by atoms with van der Waals surface area (Å²) in [6.07, 6.45) is 1.63. The topological polar surface area (TPSA) is 117 Å². The first-order valence-electron chi connectivity index (χ1n) is 8.37. The molecule has 9 heteroatoms. The molecule has 0 aliphatic heterocycles. The second-order valence-corrected chi connectivity index (χ2v) is 5.99. The number of carboxylic acids is 1. The summed E-state index contributed by atoms with van der Waals surface area (Å²) in [5.41, 5.74) is 1.50. The number of aliphatic carboxylic acids is 1. The fourth-order valence-corrected chi connectivity index (χ4v) is 2.66. The second-order valence-electron chi connectivity index (χ2n) is 5.99. The van der Waals surface area contributed by atoms with Gasteiger partial charge in [-0.2, -0.15) is 5.10 Å². The Bertz CT molecular complexity index is 845. The van der Waals surface area contributed by atoms with Gasteiger partial charge < -0.3 is 15.3 Å². The maximum absolute atomic E-state index is 13.0. The second kappa shape index (κ2) is 7.94. The first-order valence-corrected chi connectivity index (χ1v) is 8.37. The van der Waals surface area contributed by atoms with E-state index in [9.17, 15) is 19.5 Å². The first kappa shape index (κ1) is 19.4. The van der Waals surface area contributed by atoms with Crippen LogP contribution in [0.15, 0.2) is 12.3 Å². The molecule has 0 aliphatic carbocycles. The molecule has 1 atom stereocenters. The van der Waals surface area contributed by atoms with Crippen LogP contribution in [0.2, 0.25) is 0 Å². The quantitative estimate of drug-likeness (QED) is 0.754. The number of rotatable bonds is 7. The van der Waals surface area contributed by atoms with Crippen LogP contribution in [0.25, 0.3) is 11.0 Å². The number of hydrogen-bond donors (Lipinski definition) is 2. The Morgan fingerprint density at radius 3 is 2.65 bits per heavy atom. The van der Waals surface area contributed by atoms with E-state index in [0.717, 1.165) is 0 Å². The number of hydrogen-bond acceptors (Lipinski definition) is 5. The summed E-state index contributed by atoms with van der Waals surface area (Å²) in [5.74, 6) is -1.81. The zero-order valence-corrected chi connectivity index (χ0v) is 15.3. The van der Waals surface area contributed by atoms with Crippen molar-refractivity contribution in [2.24, 2.45) is 0 Å². The number of amides is 2. The van der Waals surface area contributed by atoms with Gasteiger partial charge >= 0.3 is 5.97 Å². The van der Waals surface area contributed by atoms with Crippen LogP contribution in [-0.4, -0.2) is 61.7 Å². The normalized spacial score (nSPS) is 12.0. The Hall–Kier alpha value is -2.97. The summed E-state index contributed by atoms with van der Waals surface area (Å²) in [7, 11) is 0. The van der Waals surface area contributed by atoms with Crippen molar-refractivity contribution in [2.45, 2.75) is 40.3 Å². The SMILES string of the molecule is CCn1ncc2cc(C(=O)N(CCNC(C)=O)C(C)C(=O)O)c(C)nc21. The highest BCUT2D eigenvalue weighted by molar-refractivity contribution is 6.00. The monoisotopic (exact) mass is 361 g/mol. The zero-order chi connectivity index (χ0) is 19.4. The lowest BCUT2D eigenvalue weighted by Gasteiger charge is -2.27. The number of aromatic nitrogens is 3. The largest absolute Gasteiger partial charge is 0.480 e. The van der Waals surface area contributed by atoms with Gasteiger partial charge in [0.2, 0.25) is 5.91 Å². The number of nitrogens with one attached hydrogen (secondary N) is 1. The Labute approximate surface area is 151 Å². The number of fused-ring (bicyclic) bond motifs is 1. The zero-order valence-electron chi connectivity index (χ0n) is 15.3. The minimum Gasteiger partial charge on any atom is -0.480 e. The average Bonchev–Trinajstić information content (AvgIpc) is 2.98. The van der Waals surface area contributed by atoms with Gasteiger partial charge in [-0.15, -0.1) is 0 Å². The van der Waals surface area contributed by atoms with Crippen LogP contribution < -0.4 is 5.32 Å². The van der Waals surface area contributed by atoms with Crippen LogP contribution in [0, 0.1) is 6.92 Å². The van der Waals surface area contributed by atoms with Gasteiger partial charge in [0, 0.05) is 31.9 Å². The van der Waals surface area contributed by atoms with Crippen LogP contribution in [0.3, 0.4) is 0 Å². The van der Waals surface area contributed by atoms with Crippen LogP contribution in [0.5, 0.6) is 0 Å². The smallest absolute Gasteiger partial charge is 0.326 e. The van der Waals surface area contributed by atoms with Gasteiger partial charge in [-0.1, -0.05) is 0 Å². The molecule has 0 radical (unpaired) electrons. The molecular weight excluding hydrogens is 338 g/mol. The van der Waals surface area contributed by atoms with Crippen molar-refractivity contribution in [1.29, 1.82) is 0 Å². The van der Waals surface area contributed by atoms with E-state index in [1.807, 2.05) is 6.92 Å². The number of pyridine rings is 1. The molecule has 2 rings (SSSR count). The highest BCUT2D eigenvalue weighted by atomic mass is 16.4. The summed E-state index contributed by atoms with van der Waals surface area (Å²) in [5, 5.41) is 16.8. The number of carbonyl (C=O) groups is 3. The lowest BCUT2D eigenvalue weighted by Crippen LogP contribution is -2.47. The third-order valence-electron chi connectivity index (χ3n) is 4.14. The minimum atomic E-state index is -1.12. The molecule has 0 bridgehead atoms. The third-order valence-corrected chi connectivity index (χ3v) is 4.14. The van der Waals surface area contributed by atoms with E-state index < -0.39 is 17.9 Å². The van der Waals surface area contributed by atoms with Gasteiger partial charge in [-0.25, -0.2) is 14.5 Å². The average molecular weight is 361 g/mol. The molecule has 2 heterocycles. The molecule has 1 unspecified atom stereocenters. The molecule has 0 aliphatic rings. The van der Waals surface area contributed by atoms with Gasteiger partial charge in [0.1, 0.15) is 6.04 Å². The molecule has 2 aromatic heterocycles. The molecule has 0 saturated heterocycles. The van der Waals surface area contributed by atoms with Crippen molar-refractivity contribution < 1.29 is 19.5 Å². The lowest BCUT2D eigenvalue weighted by atomic mass is 10.1. The van der Waals surface area contributed by atoms with Crippen LogP contribution in [0.4, 0.5) is 0 Å². The third kappa shape index (κ3) is 3.98. The van der Waals surface area contributed by atoms with E-state index in [-0.39, 0.29) is 19.0 Å². The summed E-state index contributed by atoms with van der Waals surface area (Å²) in [4.78, 5) is 41.1. The van der Waals surface area contributed by atoms with Crippen LogP contribution >= 0.6 is 0 Å². The van der Waals surface area contributed by atoms with Gasteiger partial charge in [0.25, 0.3) is 5.91 Å². The first-order chi connectivity index (χ1) is 12.3. The van der Waals surface area contributed by atoms with Gasteiger partial charge in [-0.05, 0) is 26.8 Å². The Morgan fingerprint density at radius 1 is 1.38 bits per heavy atom. The fourth-order valence-electron chi connectivity index (χ4n) is 2.66. The molecule has 2 amide bonds. The van der Waals surface area contributed by atoms with Gasteiger partial charge in [-0.3, -0.25) is 9.59 Å². The molecule has 0 saturated carbocycles. The molecule has 0 aromatic carbocycles. The Kier molecular flexibility index (Phi) is 5.91. The summed E-state index contributed by atoms with van der Waals surface area (Å²) in [6.45, 7) is 7.35. The molecule has 140 valence electrons. The number of aryl methyl sites for hydroxylation is 2. The fraction of sp³-hybridized carbons (Fsp3) is 0.471. The van der Waals surface area contributed by atoms with Crippen molar-refractivity contribution in [3.63, 3.8) is 0 Å². The molecular formula is C17H23N5O4. The van der Waals surface area contributed by atoms with Gasteiger partial charge in [0.05, 0.1) is 17.5 Å². The maximum atomic E-state index is 13.0. The highest BCUT2D eigenvalue weighted by Crippen LogP contribution is 2.19. The molecule has 2 N–H and O–H groups in total. The van der Waals surface area contributed by atoms with Crippen molar-refractivity contribution in [3.05, 3.63) is 23.5 Å². The number of nitrogens with zero attached hydrogens (tertiary/aromatic N) is 4. The molecule has 0 spiro atoms. The predicted molar refractivity (Wildman–Crippen MR) is 94.8 cm³/mol. The minimum absolute atomic E-state index is 0.0809. The number of carboxylic acid groups (broad SMARTS) is 1. The summed E-state index contributed by atoms with van der Waals surface area (Å²) in [6, 6.07) is 0.642. The summed E-state index contributed by atoms with van der Waals surface area (Å²) >= 11 is 0. The highest BCUT2D eigenvalue weighted by Gasteiger charge is 2.28. The molecule has 9 nitrogen and oxygen atoms in total. The molecule has 2 aromatic rings. The standard InChI is InChI=1S/C17H23N5O4/c1-5-22-15-13(9-19-22)8-14(10(2)20-15)16(24)21(11(3)17(25)26)7-6-18-12(4)23/h8-9,11H,5-7H2,1-4H3,(H,18,23)(H,25,26). The lowest BCUT2D eigenvalue weighted by molar-refractivity contribution is -0.141. The maximum Gasteiger partial charge on any atom is 0.326 e. The number of carbonyl (C=O) groups excluding carboxylic acids is 2. The van der Waals surface area contributed by atoms with Crippen molar-refractivity contribution in [2.75, 3.05) is 13.1 Å². The van der Waals surface area contributed by atoms with E-state index in [0.29, 0.717) is 28.8 Å².